The van der Waals surface area contributed by atoms with Crippen LogP contribution in [0.1, 0.15) is 30.9 Å². The Morgan fingerprint density at radius 2 is 2.07 bits per heavy atom. The van der Waals surface area contributed by atoms with Gasteiger partial charge in [-0.1, -0.05) is 19.0 Å². The third-order valence-corrected chi connectivity index (χ3v) is 2.20. The van der Waals surface area contributed by atoms with E-state index >= 15 is 0 Å². The van der Waals surface area contributed by atoms with E-state index < -0.39 is 0 Å². The maximum atomic E-state index is 10.8. The van der Waals surface area contributed by atoms with E-state index in [1.807, 2.05) is 33.8 Å². The molecule has 0 aliphatic rings. The van der Waals surface area contributed by atoms with Gasteiger partial charge in [0.15, 0.2) is 0 Å². The molecule has 0 atom stereocenters. The van der Waals surface area contributed by atoms with Gasteiger partial charge in [-0.25, -0.2) is 0 Å². The molecule has 0 aliphatic heterocycles. The summed E-state index contributed by atoms with van der Waals surface area (Å²) >= 11 is 0. The molecule has 3 heteroatoms. The van der Waals surface area contributed by atoms with Crippen LogP contribution in [-0.4, -0.2) is 11.4 Å². The van der Waals surface area contributed by atoms with Crippen molar-refractivity contribution in [3.05, 3.63) is 22.6 Å². The first-order valence-corrected chi connectivity index (χ1v) is 4.66. The summed E-state index contributed by atoms with van der Waals surface area (Å²) in [6, 6.07) is 0. The second-order valence-corrected chi connectivity index (χ2v) is 3.65. The lowest BCUT2D eigenvalue weighted by Gasteiger charge is -2.02. The maximum absolute atomic E-state index is 10.8. The Morgan fingerprint density at radius 3 is 2.43 bits per heavy atom. The van der Waals surface area contributed by atoms with Crippen LogP contribution in [0.4, 0.5) is 0 Å². The average molecular weight is 193 g/mol. The molecule has 0 fully saturated rings. The second-order valence-electron chi connectivity index (χ2n) is 3.65. The number of rotatable bonds is 3. The molecular formula is C11H15NO2. The zero-order chi connectivity index (χ0) is 10.7. The van der Waals surface area contributed by atoms with Crippen molar-refractivity contribution in [1.29, 1.82) is 0 Å². The summed E-state index contributed by atoms with van der Waals surface area (Å²) in [6.07, 6.45) is 2.73. The molecule has 0 aromatic carbocycles. The molecule has 0 unspecified atom stereocenters. The molecule has 0 N–H and O–H groups in total. The van der Waals surface area contributed by atoms with Gasteiger partial charge in [0, 0.05) is 5.56 Å². The van der Waals surface area contributed by atoms with Gasteiger partial charge in [0.2, 0.25) is 0 Å². The number of carbonyl (C=O) groups is 1. The summed E-state index contributed by atoms with van der Waals surface area (Å²) in [7, 11) is 0. The van der Waals surface area contributed by atoms with E-state index in [0.29, 0.717) is 0 Å². The Kier molecular flexibility index (Phi) is 3.23. The molecular weight excluding hydrogens is 178 g/mol. The largest absolute Gasteiger partial charge is 0.361 e. The number of aldehydes is 1. The number of hydrogen-bond donors (Lipinski definition) is 0. The van der Waals surface area contributed by atoms with E-state index in [0.717, 1.165) is 28.9 Å². The highest BCUT2D eigenvalue weighted by molar-refractivity contribution is 5.82. The van der Waals surface area contributed by atoms with Crippen molar-refractivity contribution in [1.82, 2.24) is 5.16 Å². The Bertz CT molecular complexity index is 342. The van der Waals surface area contributed by atoms with E-state index in [-0.39, 0.29) is 5.92 Å². The molecule has 0 saturated carbocycles. The summed E-state index contributed by atoms with van der Waals surface area (Å²) in [5.74, 6) is 0.976. The highest BCUT2D eigenvalue weighted by Crippen LogP contribution is 2.18. The minimum atomic E-state index is 0.223. The van der Waals surface area contributed by atoms with Crippen LogP contribution in [0.5, 0.6) is 0 Å². The van der Waals surface area contributed by atoms with Gasteiger partial charge in [0.25, 0.3) is 0 Å². The quantitative estimate of drug-likeness (QED) is 0.547. The van der Waals surface area contributed by atoms with Gasteiger partial charge >= 0.3 is 0 Å². The molecule has 0 saturated heterocycles. The van der Waals surface area contributed by atoms with Crippen LogP contribution in [0.2, 0.25) is 0 Å². The Hall–Kier alpha value is -1.38. The van der Waals surface area contributed by atoms with Crippen LogP contribution in [0.25, 0.3) is 6.08 Å². The summed E-state index contributed by atoms with van der Waals surface area (Å²) in [5, 5.41) is 3.83. The maximum Gasteiger partial charge on any atom is 0.146 e. The summed E-state index contributed by atoms with van der Waals surface area (Å²) < 4.78 is 5.01. The molecule has 1 aromatic heterocycles. The van der Waals surface area contributed by atoms with Gasteiger partial charge in [-0.05, 0) is 31.4 Å². The van der Waals surface area contributed by atoms with Crippen molar-refractivity contribution in [2.24, 2.45) is 5.92 Å². The fraction of sp³-hybridized carbons (Fsp3) is 0.455. The number of carbonyl (C=O) groups excluding carboxylic acids is 1. The third kappa shape index (κ3) is 2.10. The summed E-state index contributed by atoms with van der Waals surface area (Å²) in [5.41, 5.74) is 2.50. The molecule has 1 heterocycles. The number of hydrogen-bond acceptors (Lipinski definition) is 3. The second kappa shape index (κ2) is 4.22. The van der Waals surface area contributed by atoms with Gasteiger partial charge in [-0.15, -0.1) is 0 Å². The van der Waals surface area contributed by atoms with Gasteiger partial charge in [0.1, 0.15) is 12.0 Å². The van der Waals surface area contributed by atoms with Crippen molar-refractivity contribution >= 4 is 12.4 Å². The standard InChI is InChI=1S/C11H15NO2/c1-7(2)10(6-13)5-11-8(3)12-14-9(11)4/h5-7H,1-4H3. The fourth-order valence-corrected chi connectivity index (χ4v) is 1.20. The molecule has 0 spiro atoms. The van der Waals surface area contributed by atoms with Crippen LogP contribution in [0, 0.1) is 19.8 Å². The van der Waals surface area contributed by atoms with E-state index in [2.05, 4.69) is 5.16 Å². The zero-order valence-corrected chi connectivity index (χ0v) is 9.00. The smallest absolute Gasteiger partial charge is 0.146 e. The zero-order valence-electron chi connectivity index (χ0n) is 9.00. The van der Waals surface area contributed by atoms with Crippen LogP contribution in [0.15, 0.2) is 10.1 Å². The molecule has 14 heavy (non-hydrogen) atoms. The Labute approximate surface area is 83.8 Å². The Balaban J connectivity index is 3.12. The normalized spacial score (nSPS) is 12.2. The number of aryl methyl sites for hydroxylation is 2. The van der Waals surface area contributed by atoms with E-state index in [1.54, 1.807) is 0 Å². The minimum Gasteiger partial charge on any atom is -0.361 e. The summed E-state index contributed by atoms with van der Waals surface area (Å²) in [6.45, 7) is 7.68. The molecule has 0 radical (unpaired) electrons. The van der Waals surface area contributed by atoms with Crippen LogP contribution in [-0.2, 0) is 4.79 Å². The highest BCUT2D eigenvalue weighted by atomic mass is 16.5. The summed E-state index contributed by atoms with van der Waals surface area (Å²) in [4.78, 5) is 10.8. The van der Waals surface area contributed by atoms with Gasteiger partial charge in [0.05, 0.1) is 5.69 Å². The van der Waals surface area contributed by atoms with Crippen LogP contribution < -0.4 is 0 Å². The predicted molar refractivity (Wildman–Crippen MR) is 54.9 cm³/mol. The van der Waals surface area contributed by atoms with Crippen LogP contribution >= 0.6 is 0 Å². The molecule has 0 amide bonds. The highest BCUT2D eigenvalue weighted by Gasteiger charge is 2.09. The topological polar surface area (TPSA) is 43.1 Å². The van der Waals surface area contributed by atoms with Crippen molar-refractivity contribution < 1.29 is 9.32 Å². The lowest BCUT2D eigenvalue weighted by molar-refractivity contribution is -0.105. The lowest BCUT2D eigenvalue weighted by atomic mass is 10.0. The van der Waals surface area contributed by atoms with E-state index in [1.165, 1.54) is 0 Å². The predicted octanol–water partition coefficient (Wildman–Crippen LogP) is 2.53. The fourth-order valence-electron chi connectivity index (χ4n) is 1.20. The van der Waals surface area contributed by atoms with Gasteiger partial charge < -0.3 is 4.52 Å². The molecule has 1 aromatic rings. The van der Waals surface area contributed by atoms with Crippen molar-refractivity contribution in [2.45, 2.75) is 27.7 Å². The van der Waals surface area contributed by atoms with Gasteiger partial charge in [-0.3, -0.25) is 4.79 Å². The van der Waals surface area contributed by atoms with E-state index in [4.69, 9.17) is 4.52 Å². The first-order chi connectivity index (χ1) is 6.56. The van der Waals surface area contributed by atoms with Crippen molar-refractivity contribution in [2.75, 3.05) is 0 Å². The number of aromatic nitrogens is 1. The van der Waals surface area contributed by atoms with Crippen molar-refractivity contribution in [3.8, 4) is 0 Å². The first-order valence-electron chi connectivity index (χ1n) is 4.66. The van der Waals surface area contributed by atoms with Crippen LogP contribution in [0.3, 0.4) is 0 Å². The molecule has 1 rings (SSSR count). The van der Waals surface area contributed by atoms with Gasteiger partial charge in [-0.2, -0.15) is 0 Å². The molecule has 0 aliphatic carbocycles. The number of allylic oxidation sites excluding steroid dienone is 1. The molecule has 0 bridgehead atoms. The average Bonchev–Trinajstić information content (AvgIpc) is 2.43. The van der Waals surface area contributed by atoms with Crippen molar-refractivity contribution in [3.63, 3.8) is 0 Å². The molecule has 3 nitrogen and oxygen atoms in total. The first kappa shape index (κ1) is 10.7. The Morgan fingerprint density at radius 1 is 1.43 bits per heavy atom. The third-order valence-electron chi connectivity index (χ3n) is 2.20. The number of nitrogens with zero attached hydrogens (tertiary/aromatic N) is 1. The SMILES string of the molecule is Cc1noc(C)c1C=C(C=O)C(C)C. The monoisotopic (exact) mass is 193 g/mol. The lowest BCUT2D eigenvalue weighted by Crippen LogP contribution is -1.95. The minimum absolute atomic E-state index is 0.223. The van der Waals surface area contributed by atoms with E-state index in [9.17, 15) is 4.79 Å². The molecule has 76 valence electrons.